The molecule has 0 saturated heterocycles. The molecule has 3 aromatic rings. The summed E-state index contributed by atoms with van der Waals surface area (Å²) in [5.41, 5.74) is 2.39. The molecule has 0 N–H and O–H groups in total. The number of nitrogens with zero attached hydrogens (tertiary/aromatic N) is 2. The van der Waals surface area contributed by atoms with Crippen LogP contribution >= 0.6 is 0 Å². The zero-order valence-corrected chi connectivity index (χ0v) is 12.3. The molecule has 3 heteroatoms. The van der Waals surface area contributed by atoms with Crippen molar-refractivity contribution in [2.45, 2.75) is 0 Å². The van der Waals surface area contributed by atoms with Gasteiger partial charge in [-0.05, 0) is 16.5 Å². The van der Waals surface area contributed by atoms with Crippen LogP contribution in [-0.2, 0) is 20.1 Å². The molecule has 2 aromatic carbocycles. The van der Waals surface area contributed by atoms with Crippen LogP contribution in [0.15, 0.2) is 54.7 Å². The van der Waals surface area contributed by atoms with E-state index < -0.39 is 0 Å². The Morgan fingerprint density at radius 2 is 1.84 bits per heavy atom. The van der Waals surface area contributed by atoms with E-state index in [2.05, 4.69) is 22.0 Å². The summed E-state index contributed by atoms with van der Waals surface area (Å²) in [6.45, 7) is 6.92. The minimum Gasteiger partial charge on any atom is -0.304 e. The summed E-state index contributed by atoms with van der Waals surface area (Å²) in [7, 11) is 0. The Morgan fingerprint density at radius 1 is 1.05 bits per heavy atom. The van der Waals surface area contributed by atoms with Gasteiger partial charge in [-0.25, -0.2) is 0 Å². The van der Waals surface area contributed by atoms with Crippen molar-refractivity contribution in [3.8, 4) is 11.3 Å². The molecule has 0 spiro atoms. The zero-order chi connectivity index (χ0) is 12.4. The molecule has 0 atom stereocenters. The summed E-state index contributed by atoms with van der Waals surface area (Å²) < 4.78 is 0. The Bertz CT molecular complexity index is 743. The molecular formula is C16H9IrN2-. The van der Waals surface area contributed by atoms with E-state index in [1.54, 1.807) is 12.1 Å². The summed E-state index contributed by atoms with van der Waals surface area (Å²) in [4.78, 5) is 7.78. The van der Waals surface area contributed by atoms with Crippen LogP contribution in [0.25, 0.3) is 26.9 Å². The third-order valence-corrected chi connectivity index (χ3v) is 2.83. The van der Waals surface area contributed by atoms with Gasteiger partial charge in [0.25, 0.3) is 0 Å². The van der Waals surface area contributed by atoms with E-state index in [-0.39, 0.29) is 20.1 Å². The minimum absolute atomic E-state index is 0. The maximum Gasteiger partial charge on any atom is 0.235 e. The van der Waals surface area contributed by atoms with E-state index in [0.29, 0.717) is 5.69 Å². The molecule has 0 unspecified atom stereocenters. The summed E-state index contributed by atoms with van der Waals surface area (Å²) in [5.74, 6) is 0. The van der Waals surface area contributed by atoms with Gasteiger partial charge in [-0.2, -0.15) is 4.85 Å². The van der Waals surface area contributed by atoms with Crippen LogP contribution in [-0.4, -0.2) is 4.98 Å². The molecule has 1 radical (unpaired) electrons. The van der Waals surface area contributed by atoms with Gasteiger partial charge in [0.1, 0.15) is 6.57 Å². The maximum absolute atomic E-state index is 6.92. The average molecular weight is 421 g/mol. The first-order valence-electron chi connectivity index (χ1n) is 5.61. The van der Waals surface area contributed by atoms with Crippen LogP contribution in [0.2, 0.25) is 0 Å². The van der Waals surface area contributed by atoms with Gasteiger partial charge in [0, 0.05) is 26.3 Å². The molecule has 0 bridgehead atoms. The molecule has 0 aliphatic heterocycles. The van der Waals surface area contributed by atoms with Crippen LogP contribution in [0.5, 0.6) is 0 Å². The fraction of sp³-hybridized carbons (Fsp3) is 0. The number of pyridine rings is 1. The van der Waals surface area contributed by atoms with E-state index >= 15 is 0 Å². The second-order valence-corrected chi connectivity index (χ2v) is 3.99. The van der Waals surface area contributed by atoms with E-state index in [1.165, 1.54) is 0 Å². The van der Waals surface area contributed by atoms with Crippen molar-refractivity contribution in [2.75, 3.05) is 0 Å². The van der Waals surface area contributed by atoms with E-state index in [9.17, 15) is 0 Å². The Hall–Kier alpha value is -2.01. The van der Waals surface area contributed by atoms with Gasteiger partial charge >= 0.3 is 0 Å². The predicted octanol–water partition coefficient (Wildman–Crippen LogP) is 4.25. The predicted molar refractivity (Wildman–Crippen MR) is 72.3 cm³/mol. The molecule has 2 nitrogen and oxygen atoms in total. The molecule has 1 heterocycles. The number of hydrogen-bond donors (Lipinski definition) is 0. The third kappa shape index (κ3) is 2.71. The Labute approximate surface area is 125 Å². The van der Waals surface area contributed by atoms with Gasteiger partial charge in [-0.15, -0.1) is 17.7 Å². The van der Waals surface area contributed by atoms with Gasteiger partial charge < -0.3 is 4.98 Å². The van der Waals surface area contributed by atoms with Gasteiger partial charge in [-0.3, -0.25) is 0 Å². The molecule has 0 amide bonds. The third-order valence-electron chi connectivity index (χ3n) is 2.83. The molecule has 0 aliphatic carbocycles. The summed E-state index contributed by atoms with van der Waals surface area (Å²) in [5, 5.41) is 2.28. The SMILES string of the molecule is [C-]#[N+]c1c[c-]c(-c2cc3ccccc3cn2)cc1.[Ir]. The average Bonchev–Trinajstić information content (AvgIpc) is 2.47. The second-order valence-electron chi connectivity index (χ2n) is 3.99. The fourth-order valence-electron chi connectivity index (χ4n) is 1.88. The van der Waals surface area contributed by atoms with Crippen molar-refractivity contribution in [1.82, 2.24) is 4.98 Å². The summed E-state index contributed by atoms with van der Waals surface area (Å²) >= 11 is 0. The molecule has 19 heavy (non-hydrogen) atoms. The number of rotatable bonds is 1. The van der Waals surface area contributed by atoms with Crippen LogP contribution in [0.1, 0.15) is 0 Å². The van der Waals surface area contributed by atoms with E-state index in [1.807, 2.05) is 36.5 Å². The fourth-order valence-corrected chi connectivity index (χ4v) is 1.88. The molecule has 1 aromatic heterocycles. The number of aromatic nitrogens is 1. The Morgan fingerprint density at radius 3 is 2.53 bits per heavy atom. The van der Waals surface area contributed by atoms with Crippen molar-refractivity contribution >= 4 is 16.5 Å². The molecular weight excluding hydrogens is 412 g/mol. The maximum atomic E-state index is 6.92. The van der Waals surface area contributed by atoms with Crippen molar-refractivity contribution in [2.24, 2.45) is 0 Å². The van der Waals surface area contributed by atoms with Crippen molar-refractivity contribution in [1.29, 1.82) is 0 Å². The monoisotopic (exact) mass is 422 g/mol. The normalized spacial score (nSPS) is 9.63. The summed E-state index contributed by atoms with van der Waals surface area (Å²) in [6, 6.07) is 18.6. The van der Waals surface area contributed by atoms with Gasteiger partial charge in [0.15, 0.2) is 0 Å². The molecule has 93 valence electrons. The zero-order valence-electron chi connectivity index (χ0n) is 9.92. The van der Waals surface area contributed by atoms with Gasteiger partial charge in [0.2, 0.25) is 5.69 Å². The van der Waals surface area contributed by atoms with Gasteiger partial charge in [-0.1, -0.05) is 42.5 Å². The van der Waals surface area contributed by atoms with Crippen molar-refractivity contribution in [3.63, 3.8) is 0 Å². The summed E-state index contributed by atoms with van der Waals surface area (Å²) in [6.07, 6.45) is 1.86. The largest absolute Gasteiger partial charge is 0.304 e. The van der Waals surface area contributed by atoms with Crippen molar-refractivity contribution < 1.29 is 20.1 Å². The topological polar surface area (TPSA) is 17.2 Å². The van der Waals surface area contributed by atoms with Crippen LogP contribution in [0, 0.1) is 12.6 Å². The van der Waals surface area contributed by atoms with Crippen molar-refractivity contribution in [3.05, 3.63) is 72.2 Å². The first-order chi connectivity index (χ1) is 8.86. The molecule has 0 fully saturated rings. The first-order valence-corrected chi connectivity index (χ1v) is 5.61. The first kappa shape index (κ1) is 13.4. The minimum atomic E-state index is 0. The number of hydrogen-bond acceptors (Lipinski definition) is 1. The molecule has 0 aliphatic rings. The van der Waals surface area contributed by atoms with Crippen LogP contribution in [0.3, 0.4) is 0 Å². The standard InChI is InChI=1S/C16H9N2.Ir/c1-17-15-8-6-12(7-9-15)16-10-13-4-2-3-5-14(13)11-18-16;/h2-6,8-11H;/q-1;. The van der Waals surface area contributed by atoms with Crippen LogP contribution in [0.4, 0.5) is 5.69 Å². The smallest absolute Gasteiger partial charge is 0.235 e. The van der Waals surface area contributed by atoms with Crippen LogP contribution < -0.4 is 0 Å². The van der Waals surface area contributed by atoms with E-state index in [4.69, 9.17) is 6.57 Å². The number of fused-ring (bicyclic) bond motifs is 1. The molecule has 0 saturated carbocycles. The quantitative estimate of drug-likeness (QED) is 0.537. The second kappa shape index (κ2) is 5.75. The Kier molecular flexibility index (Phi) is 4.06. The Balaban J connectivity index is 0.00000133. The molecule has 3 rings (SSSR count). The van der Waals surface area contributed by atoms with E-state index in [0.717, 1.165) is 22.0 Å². The van der Waals surface area contributed by atoms with Gasteiger partial charge in [0.05, 0.1) is 0 Å². The number of benzene rings is 2.